The highest BCUT2D eigenvalue weighted by Gasteiger charge is 2.29. The number of carbonyl (C=O) groups is 2. The Hall–Kier alpha value is -2.54. The maximum Gasteiger partial charge on any atom is 0.359 e. The number of esters is 1. The smallest absolute Gasteiger partial charge is 0.359 e. The lowest BCUT2D eigenvalue weighted by atomic mass is 10.0. The van der Waals surface area contributed by atoms with Gasteiger partial charge in [0.2, 0.25) is 0 Å². The molecule has 0 unspecified atom stereocenters. The van der Waals surface area contributed by atoms with Gasteiger partial charge in [0, 0.05) is 36.3 Å². The quantitative estimate of drug-likeness (QED) is 0.747. The summed E-state index contributed by atoms with van der Waals surface area (Å²) in [5.74, 6) is -0.0330. The van der Waals surface area contributed by atoms with E-state index in [0.29, 0.717) is 30.3 Å². The van der Waals surface area contributed by atoms with E-state index >= 15 is 0 Å². The van der Waals surface area contributed by atoms with Gasteiger partial charge < -0.3 is 14.4 Å². The Morgan fingerprint density at radius 1 is 1.27 bits per heavy atom. The van der Waals surface area contributed by atoms with Crippen molar-refractivity contribution in [2.45, 2.75) is 19.9 Å². The van der Waals surface area contributed by atoms with Crippen LogP contribution in [0.25, 0.3) is 0 Å². The molecule has 1 aliphatic heterocycles. The zero-order valence-corrected chi connectivity index (χ0v) is 15.5. The van der Waals surface area contributed by atoms with E-state index in [-0.39, 0.29) is 24.8 Å². The lowest BCUT2D eigenvalue weighted by molar-refractivity contribution is -0.134. The van der Waals surface area contributed by atoms with E-state index in [1.165, 1.54) is 0 Å². The van der Waals surface area contributed by atoms with Crippen LogP contribution in [0, 0.1) is 0 Å². The van der Waals surface area contributed by atoms with Crippen molar-refractivity contribution in [1.29, 1.82) is 0 Å². The van der Waals surface area contributed by atoms with Gasteiger partial charge in [-0.1, -0.05) is 11.6 Å². The molecular weight excluding hydrogens is 358 g/mol. The number of rotatable bonds is 5. The van der Waals surface area contributed by atoms with E-state index in [1.54, 1.807) is 47.8 Å². The van der Waals surface area contributed by atoms with Crippen LogP contribution in [0.5, 0.6) is 5.75 Å². The molecule has 7 nitrogen and oxygen atoms in total. The van der Waals surface area contributed by atoms with Crippen LogP contribution >= 0.6 is 11.6 Å². The largest absolute Gasteiger partial charge is 0.484 e. The molecule has 2 aromatic rings. The number of ether oxygens (including phenoxy) is 2. The van der Waals surface area contributed by atoms with Crippen molar-refractivity contribution in [3.8, 4) is 5.75 Å². The minimum atomic E-state index is -0.462. The van der Waals surface area contributed by atoms with Gasteiger partial charge in [0.15, 0.2) is 12.3 Å². The van der Waals surface area contributed by atoms with Crippen LogP contribution < -0.4 is 4.74 Å². The number of nitrogens with zero attached hydrogens (tertiary/aromatic N) is 3. The molecule has 1 aromatic carbocycles. The van der Waals surface area contributed by atoms with E-state index in [9.17, 15) is 9.59 Å². The van der Waals surface area contributed by atoms with Crippen molar-refractivity contribution < 1.29 is 19.1 Å². The molecule has 8 heteroatoms. The molecule has 0 radical (unpaired) electrons. The second kappa shape index (κ2) is 7.78. The number of hydrogen-bond acceptors (Lipinski definition) is 5. The van der Waals surface area contributed by atoms with Gasteiger partial charge in [-0.05, 0) is 31.2 Å². The fraction of sp³-hybridized carbons (Fsp3) is 0.389. The highest BCUT2D eigenvalue weighted by atomic mass is 35.5. The highest BCUT2D eigenvalue weighted by Crippen LogP contribution is 2.23. The second-order valence-electron chi connectivity index (χ2n) is 5.93. The lowest BCUT2D eigenvalue weighted by Crippen LogP contribution is -2.39. The molecule has 2 heterocycles. The fourth-order valence-electron chi connectivity index (χ4n) is 2.94. The average Bonchev–Trinajstić information content (AvgIpc) is 2.97. The molecule has 0 saturated heterocycles. The summed E-state index contributed by atoms with van der Waals surface area (Å²) in [4.78, 5) is 26.3. The first-order chi connectivity index (χ1) is 12.5. The molecule has 0 atom stereocenters. The van der Waals surface area contributed by atoms with E-state index < -0.39 is 5.97 Å². The van der Waals surface area contributed by atoms with Crippen molar-refractivity contribution in [3.05, 3.63) is 46.2 Å². The third-order valence-corrected chi connectivity index (χ3v) is 4.49. The van der Waals surface area contributed by atoms with Gasteiger partial charge in [0.05, 0.1) is 13.2 Å². The Labute approximate surface area is 156 Å². The van der Waals surface area contributed by atoms with Gasteiger partial charge in [-0.3, -0.25) is 9.48 Å². The van der Waals surface area contributed by atoms with Crippen LogP contribution in [0.15, 0.2) is 24.3 Å². The summed E-state index contributed by atoms with van der Waals surface area (Å²) >= 11 is 5.83. The Bertz CT molecular complexity index is 817. The number of benzene rings is 1. The molecule has 0 aliphatic carbocycles. The molecule has 3 rings (SSSR count). The summed E-state index contributed by atoms with van der Waals surface area (Å²) in [6, 6.07) is 6.83. The predicted molar refractivity (Wildman–Crippen MR) is 95.2 cm³/mol. The first-order valence-electron chi connectivity index (χ1n) is 8.37. The fourth-order valence-corrected chi connectivity index (χ4v) is 3.06. The van der Waals surface area contributed by atoms with Crippen LogP contribution in [0.3, 0.4) is 0 Å². The molecule has 0 saturated carbocycles. The summed E-state index contributed by atoms with van der Waals surface area (Å²) in [6.07, 6.45) is 0.630. The maximum atomic E-state index is 12.5. The van der Waals surface area contributed by atoms with E-state index in [0.717, 1.165) is 11.3 Å². The third-order valence-electron chi connectivity index (χ3n) is 4.24. The molecular formula is C18H20ClN3O4. The van der Waals surface area contributed by atoms with Gasteiger partial charge in [0.1, 0.15) is 5.75 Å². The summed E-state index contributed by atoms with van der Waals surface area (Å²) < 4.78 is 12.3. The number of aromatic nitrogens is 2. The van der Waals surface area contributed by atoms with E-state index in [4.69, 9.17) is 21.1 Å². The first kappa shape index (κ1) is 18.3. The maximum absolute atomic E-state index is 12.5. The number of carbonyl (C=O) groups excluding carboxylic acids is 2. The summed E-state index contributed by atoms with van der Waals surface area (Å²) in [6.45, 7) is 2.82. The van der Waals surface area contributed by atoms with Gasteiger partial charge in [-0.2, -0.15) is 5.10 Å². The summed E-state index contributed by atoms with van der Waals surface area (Å²) in [7, 11) is 1.79. The highest BCUT2D eigenvalue weighted by molar-refractivity contribution is 6.30. The minimum Gasteiger partial charge on any atom is -0.484 e. The lowest BCUT2D eigenvalue weighted by Gasteiger charge is -2.27. The number of hydrogen-bond donors (Lipinski definition) is 0. The monoisotopic (exact) mass is 377 g/mol. The van der Waals surface area contributed by atoms with Crippen LogP contribution in [0.4, 0.5) is 0 Å². The van der Waals surface area contributed by atoms with Crippen LogP contribution in [-0.2, 0) is 29.5 Å². The topological polar surface area (TPSA) is 73.7 Å². The van der Waals surface area contributed by atoms with Crippen LogP contribution in [0.1, 0.15) is 28.7 Å². The molecule has 1 amide bonds. The molecule has 0 spiro atoms. The molecule has 0 bridgehead atoms. The molecule has 0 fully saturated rings. The van der Waals surface area contributed by atoms with E-state index in [1.807, 2.05) is 0 Å². The van der Waals surface area contributed by atoms with Crippen molar-refractivity contribution >= 4 is 23.5 Å². The number of aryl methyl sites for hydroxylation is 1. The molecule has 26 heavy (non-hydrogen) atoms. The Kier molecular flexibility index (Phi) is 5.46. The number of amides is 1. The van der Waals surface area contributed by atoms with Gasteiger partial charge in [0.25, 0.3) is 5.91 Å². The zero-order chi connectivity index (χ0) is 18.7. The summed E-state index contributed by atoms with van der Waals surface area (Å²) in [5, 5.41) is 4.87. The van der Waals surface area contributed by atoms with Crippen LogP contribution in [0.2, 0.25) is 5.02 Å². The molecule has 0 N–H and O–H groups in total. The number of halogens is 1. The Balaban J connectivity index is 1.68. The zero-order valence-electron chi connectivity index (χ0n) is 14.7. The molecule has 1 aromatic heterocycles. The van der Waals surface area contributed by atoms with Crippen molar-refractivity contribution in [2.24, 2.45) is 7.05 Å². The first-order valence-corrected chi connectivity index (χ1v) is 8.75. The van der Waals surface area contributed by atoms with Gasteiger partial charge in [-0.25, -0.2) is 4.79 Å². The second-order valence-corrected chi connectivity index (χ2v) is 6.36. The normalized spacial score (nSPS) is 13.3. The summed E-state index contributed by atoms with van der Waals surface area (Å²) in [5.41, 5.74) is 1.98. The van der Waals surface area contributed by atoms with E-state index in [2.05, 4.69) is 5.10 Å². The third kappa shape index (κ3) is 3.83. The number of fused-ring (bicyclic) bond motifs is 1. The SMILES string of the molecule is CCOC(=O)c1nn(C)c2c1CN(C(=O)COc1ccc(Cl)cc1)CC2. The molecule has 138 valence electrons. The standard InChI is InChI=1S/C18H20ClN3O4/c1-3-25-18(24)17-14-10-22(9-8-15(14)21(2)20-17)16(23)11-26-13-6-4-12(19)5-7-13/h4-7H,3,8-11H2,1-2H3. The predicted octanol–water partition coefficient (Wildman–Crippen LogP) is 2.21. The minimum absolute atomic E-state index is 0.0774. The molecule has 1 aliphatic rings. The Morgan fingerprint density at radius 3 is 2.69 bits per heavy atom. The van der Waals surface area contributed by atoms with Gasteiger partial charge >= 0.3 is 5.97 Å². The van der Waals surface area contributed by atoms with Gasteiger partial charge in [-0.15, -0.1) is 0 Å². The Morgan fingerprint density at radius 2 is 2.00 bits per heavy atom. The average molecular weight is 378 g/mol. The van der Waals surface area contributed by atoms with Crippen molar-refractivity contribution in [3.63, 3.8) is 0 Å². The van der Waals surface area contributed by atoms with Crippen LogP contribution in [-0.4, -0.2) is 46.3 Å². The van der Waals surface area contributed by atoms with Crippen molar-refractivity contribution in [2.75, 3.05) is 19.8 Å². The van der Waals surface area contributed by atoms with Crippen molar-refractivity contribution in [1.82, 2.24) is 14.7 Å².